The molecular formula is C16H32N2O2. The van der Waals surface area contributed by atoms with Gasteiger partial charge in [-0.15, -0.1) is 0 Å². The van der Waals surface area contributed by atoms with Gasteiger partial charge in [0.15, 0.2) is 0 Å². The molecule has 1 aliphatic rings. The highest BCUT2D eigenvalue weighted by atomic mass is 16.5. The third-order valence-corrected chi connectivity index (χ3v) is 4.55. The molecule has 1 heterocycles. The standard InChI is InChI=1S/C16H32N2O2/c1-6-17-16(4,15(19)20-5)12-18-10-7-8-14(9-11-18)13(2)3/h13-14,17H,6-12H2,1-5H3. The van der Waals surface area contributed by atoms with Gasteiger partial charge in [0, 0.05) is 6.54 Å². The number of carbonyl (C=O) groups is 1. The van der Waals surface area contributed by atoms with Crippen molar-refractivity contribution in [1.29, 1.82) is 0 Å². The van der Waals surface area contributed by atoms with Gasteiger partial charge in [-0.05, 0) is 57.7 Å². The summed E-state index contributed by atoms with van der Waals surface area (Å²) in [6, 6.07) is 0. The third kappa shape index (κ3) is 4.74. The van der Waals surface area contributed by atoms with Gasteiger partial charge in [-0.2, -0.15) is 0 Å². The van der Waals surface area contributed by atoms with E-state index in [0.29, 0.717) is 0 Å². The Labute approximate surface area is 124 Å². The lowest BCUT2D eigenvalue weighted by molar-refractivity contribution is -0.148. The third-order valence-electron chi connectivity index (χ3n) is 4.55. The highest BCUT2D eigenvalue weighted by molar-refractivity contribution is 5.80. The van der Waals surface area contributed by atoms with E-state index < -0.39 is 5.54 Å². The Morgan fingerprint density at radius 3 is 2.65 bits per heavy atom. The molecule has 0 aromatic heterocycles. The first-order valence-corrected chi connectivity index (χ1v) is 7.98. The second-order valence-corrected chi connectivity index (χ2v) is 6.57. The highest BCUT2D eigenvalue weighted by Gasteiger charge is 2.36. The first-order chi connectivity index (χ1) is 9.42. The van der Waals surface area contributed by atoms with Crippen LogP contribution in [0.1, 0.15) is 47.0 Å². The molecule has 4 heteroatoms. The molecule has 20 heavy (non-hydrogen) atoms. The molecule has 0 amide bonds. The van der Waals surface area contributed by atoms with Crippen LogP contribution in [0.4, 0.5) is 0 Å². The molecule has 1 fully saturated rings. The average Bonchev–Trinajstić information content (AvgIpc) is 2.63. The molecule has 0 aromatic rings. The fourth-order valence-corrected chi connectivity index (χ4v) is 3.26. The van der Waals surface area contributed by atoms with Crippen LogP contribution >= 0.6 is 0 Å². The Hall–Kier alpha value is -0.610. The van der Waals surface area contributed by atoms with Gasteiger partial charge < -0.3 is 15.0 Å². The number of likely N-dealkylation sites (tertiary alicyclic amines) is 1. The molecule has 2 unspecified atom stereocenters. The van der Waals surface area contributed by atoms with Gasteiger partial charge in [0.2, 0.25) is 0 Å². The molecule has 0 radical (unpaired) electrons. The zero-order valence-corrected chi connectivity index (χ0v) is 13.9. The van der Waals surface area contributed by atoms with Gasteiger partial charge in [0.1, 0.15) is 5.54 Å². The minimum absolute atomic E-state index is 0.163. The molecule has 118 valence electrons. The summed E-state index contributed by atoms with van der Waals surface area (Å²) < 4.78 is 4.97. The zero-order valence-electron chi connectivity index (χ0n) is 13.9. The Bertz CT molecular complexity index is 307. The lowest BCUT2D eigenvalue weighted by atomic mass is 9.89. The summed E-state index contributed by atoms with van der Waals surface area (Å²) in [5, 5.41) is 3.30. The minimum Gasteiger partial charge on any atom is -0.468 e. The molecule has 1 rings (SSSR count). The molecule has 0 aromatic carbocycles. The molecule has 1 N–H and O–H groups in total. The fourth-order valence-electron chi connectivity index (χ4n) is 3.26. The summed E-state index contributed by atoms with van der Waals surface area (Å²) >= 11 is 0. The molecule has 4 nitrogen and oxygen atoms in total. The van der Waals surface area contributed by atoms with Crippen molar-refractivity contribution < 1.29 is 9.53 Å². The normalized spacial score (nSPS) is 24.2. The van der Waals surface area contributed by atoms with E-state index >= 15 is 0 Å². The first-order valence-electron chi connectivity index (χ1n) is 7.98. The molecule has 0 bridgehead atoms. The molecule has 1 saturated heterocycles. The minimum atomic E-state index is -0.596. The second-order valence-electron chi connectivity index (χ2n) is 6.57. The lowest BCUT2D eigenvalue weighted by Gasteiger charge is -2.33. The summed E-state index contributed by atoms with van der Waals surface area (Å²) in [5.41, 5.74) is -0.596. The quantitative estimate of drug-likeness (QED) is 0.760. The summed E-state index contributed by atoms with van der Waals surface area (Å²) in [6.07, 6.45) is 3.78. The average molecular weight is 284 g/mol. The molecule has 2 atom stereocenters. The number of esters is 1. The van der Waals surface area contributed by atoms with Crippen molar-refractivity contribution in [3.63, 3.8) is 0 Å². The maximum atomic E-state index is 12.0. The summed E-state index contributed by atoms with van der Waals surface area (Å²) in [4.78, 5) is 14.5. The number of likely N-dealkylation sites (N-methyl/N-ethyl adjacent to an activating group) is 1. The van der Waals surface area contributed by atoms with Crippen LogP contribution in [-0.2, 0) is 9.53 Å². The van der Waals surface area contributed by atoms with Gasteiger partial charge in [-0.1, -0.05) is 20.8 Å². The van der Waals surface area contributed by atoms with Crippen molar-refractivity contribution in [2.75, 3.05) is 33.3 Å². The number of hydrogen-bond acceptors (Lipinski definition) is 4. The van der Waals surface area contributed by atoms with Crippen molar-refractivity contribution in [3.8, 4) is 0 Å². The number of rotatable bonds is 6. The van der Waals surface area contributed by atoms with Crippen molar-refractivity contribution in [2.24, 2.45) is 11.8 Å². The molecule has 0 aliphatic carbocycles. The van der Waals surface area contributed by atoms with Gasteiger partial charge in [0.25, 0.3) is 0 Å². The van der Waals surface area contributed by atoms with E-state index in [1.165, 1.54) is 26.4 Å². The van der Waals surface area contributed by atoms with E-state index in [9.17, 15) is 4.79 Å². The van der Waals surface area contributed by atoms with Crippen molar-refractivity contribution in [1.82, 2.24) is 10.2 Å². The van der Waals surface area contributed by atoms with E-state index in [0.717, 1.165) is 38.0 Å². The SMILES string of the molecule is CCNC(C)(CN1CCCC(C(C)C)CC1)C(=O)OC. The summed E-state index contributed by atoms with van der Waals surface area (Å²) in [6.45, 7) is 12.3. The molecule has 0 spiro atoms. The van der Waals surface area contributed by atoms with Crippen LogP contribution in [0, 0.1) is 11.8 Å². The number of nitrogens with one attached hydrogen (secondary N) is 1. The van der Waals surface area contributed by atoms with Crippen LogP contribution in [0.3, 0.4) is 0 Å². The number of nitrogens with zero attached hydrogens (tertiary/aromatic N) is 1. The summed E-state index contributed by atoms with van der Waals surface area (Å²) in [7, 11) is 1.47. The van der Waals surface area contributed by atoms with Crippen molar-refractivity contribution in [2.45, 2.75) is 52.5 Å². The van der Waals surface area contributed by atoms with Crippen LogP contribution in [0.15, 0.2) is 0 Å². The lowest BCUT2D eigenvalue weighted by Crippen LogP contribution is -2.57. The number of methoxy groups -OCH3 is 1. The predicted molar refractivity (Wildman–Crippen MR) is 82.7 cm³/mol. The fraction of sp³-hybridized carbons (Fsp3) is 0.938. The molecule has 1 aliphatic heterocycles. The first kappa shape index (κ1) is 17.4. The number of carbonyl (C=O) groups excluding carboxylic acids is 1. The monoisotopic (exact) mass is 284 g/mol. The van der Waals surface area contributed by atoms with E-state index in [-0.39, 0.29) is 5.97 Å². The van der Waals surface area contributed by atoms with E-state index in [2.05, 4.69) is 24.1 Å². The Morgan fingerprint density at radius 2 is 2.10 bits per heavy atom. The van der Waals surface area contributed by atoms with Crippen LogP contribution in [0.2, 0.25) is 0 Å². The van der Waals surface area contributed by atoms with Crippen molar-refractivity contribution in [3.05, 3.63) is 0 Å². The highest BCUT2D eigenvalue weighted by Crippen LogP contribution is 2.25. The van der Waals surface area contributed by atoms with Gasteiger partial charge >= 0.3 is 5.97 Å². The van der Waals surface area contributed by atoms with Crippen LogP contribution in [0.5, 0.6) is 0 Å². The number of ether oxygens (including phenoxy) is 1. The Morgan fingerprint density at radius 1 is 1.40 bits per heavy atom. The van der Waals surface area contributed by atoms with E-state index in [1.54, 1.807) is 0 Å². The Balaban J connectivity index is 2.63. The van der Waals surface area contributed by atoms with Gasteiger partial charge in [-0.3, -0.25) is 4.79 Å². The predicted octanol–water partition coefficient (Wildman–Crippen LogP) is 2.29. The molecule has 0 saturated carbocycles. The van der Waals surface area contributed by atoms with Crippen LogP contribution < -0.4 is 5.32 Å². The van der Waals surface area contributed by atoms with Gasteiger partial charge in [-0.25, -0.2) is 0 Å². The van der Waals surface area contributed by atoms with E-state index in [1.807, 2.05) is 13.8 Å². The zero-order chi connectivity index (χ0) is 15.2. The smallest absolute Gasteiger partial charge is 0.327 e. The van der Waals surface area contributed by atoms with Crippen molar-refractivity contribution >= 4 is 5.97 Å². The van der Waals surface area contributed by atoms with Gasteiger partial charge in [0.05, 0.1) is 7.11 Å². The largest absolute Gasteiger partial charge is 0.468 e. The second kappa shape index (κ2) is 7.99. The topological polar surface area (TPSA) is 41.6 Å². The maximum Gasteiger partial charge on any atom is 0.327 e. The number of hydrogen-bond donors (Lipinski definition) is 1. The van der Waals surface area contributed by atoms with E-state index in [4.69, 9.17) is 4.74 Å². The molecular weight excluding hydrogens is 252 g/mol. The maximum absolute atomic E-state index is 12.0. The van der Waals surface area contributed by atoms with Crippen LogP contribution in [0.25, 0.3) is 0 Å². The van der Waals surface area contributed by atoms with Crippen LogP contribution in [-0.4, -0.2) is 49.7 Å². The Kier molecular flexibility index (Phi) is 6.96. The summed E-state index contributed by atoms with van der Waals surface area (Å²) in [5.74, 6) is 1.42.